The number of fused-ring (bicyclic) bond motifs is 2. The van der Waals surface area contributed by atoms with Gasteiger partial charge in [0.05, 0.1) is 29.1 Å². The molecule has 4 heterocycles. The summed E-state index contributed by atoms with van der Waals surface area (Å²) in [6, 6.07) is 5.31. The molecule has 10 nitrogen and oxygen atoms in total. The van der Waals surface area contributed by atoms with Crippen LogP contribution in [0.3, 0.4) is 0 Å². The van der Waals surface area contributed by atoms with Crippen LogP contribution in [-0.4, -0.2) is 102 Å². The van der Waals surface area contributed by atoms with Crippen molar-refractivity contribution >= 4 is 39.8 Å². The zero-order chi connectivity index (χ0) is 34.2. The lowest BCUT2D eigenvalue weighted by molar-refractivity contribution is -0.131. The average molecular weight is 683 g/mol. The maximum absolute atomic E-state index is 13.8. The maximum Gasteiger partial charge on any atom is 0.318 e. The van der Waals surface area contributed by atoms with E-state index in [4.69, 9.17) is 32.9 Å². The molecule has 1 saturated heterocycles. The van der Waals surface area contributed by atoms with Gasteiger partial charge in [-0.1, -0.05) is 30.3 Å². The van der Waals surface area contributed by atoms with Crippen LogP contribution < -0.4 is 14.5 Å². The number of halogens is 4. The summed E-state index contributed by atoms with van der Waals surface area (Å²) in [7, 11) is 1.90. The summed E-state index contributed by atoms with van der Waals surface area (Å²) in [4.78, 5) is 37.8. The first-order valence-electron chi connectivity index (χ1n) is 16.1. The van der Waals surface area contributed by atoms with Crippen LogP contribution in [0.25, 0.3) is 15.6 Å². The minimum atomic E-state index is -2.57. The lowest BCUT2D eigenvalue weighted by Gasteiger charge is -2.42. The molecule has 254 valence electrons. The largest absolute Gasteiger partial charge is 0.462 e. The van der Waals surface area contributed by atoms with E-state index in [1.165, 1.54) is 4.90 Å². The number of likely N-dealkylation sites (N-methyl/N-ethyl adjacent to an activating group) is 1. The number of carbonyl (C=O) groups is 1. The van der Waals surface area contributed by atoms with E-state index in [9.17, 15) is 18.0 Å². The summed E-state index contributed by atoms with van der Waals surface area (Å²) in [5.74, 6) is -3.84. The molecule has 48 heavy (non-hydrogen) atoms. The molecule has 0 spiro atoms. The second-order valence-electron chi connectivity index (χ2n) is 12.9. The van der Waals surface area contributed by atoms with E-state index < -0.39 is 23.7 Å². The van der Waals surface area contributed by atoms with Gasteiger partial charge in [-0.2, -0.15) is 9.97 Å². The highest BCUT2D eigenvalue weighted by Crippen LogP contribution is 2.45. The smallest absolute Gasteiger partial charge is 0.318 e. The minimum absolute atomic E-state index is 0.00617. The summed E-state index contributed by atoms with van der Waals surface area (Å²) in [5, 5.41) is 2.46. The Kier molecular flexibility index (Phi) is 9.67. The Labute approximate surface area is 283 Å². The van der Waals surface area contributed by atoms with Crippen molar-refractivity contribution in [3.8, 4) is 6.01 Å². The Morgan fingerprint density at radius 3 is 2.75 bits per heavy atom. The van der Waals surface area contributed by atoms with Crippen LogP contribution in [0.2, 0.25) is 5.02 Å². The van der Waals surface area contributed by atoms with Gasteiger partial charge in [-0.3, -0.25) is 9.78 Å². The normalized spacial score (nSPS) is 19.9. The molecule has 0 N–H and O–H groups in total. The number of aromatic nitrogens is 3. The highest BCUT2D eigenvalue weighted by Gasteiger charge is 2.48. The number of hydrogen-bond donors (Lipinski definition) is 0. The second-order valence-corrected chi connectivity index (χ2v) is 13.3. The van der Waals surface area contributed by atoms with Gasteiger partial charge in [0.15, 0.2) is 5.83 Å². The molecule has 2 aliphatic heterocycles. The molecule has 6 rings (SSSR count). The Bertz CT molecular complexity index is 1740. The first-order valence-corrected chi connectivity index (χ1v) is 16.4. The Hall–Kier alpha value is -4.15. The zero-order valence-electron chi connectivity index (χ0n) is 27.0. The van der Waals surface area contributed by atoms with Gasteiger partial charge in [0.1, 0.15) is 18.5 Å². The molecule has 2 aromatic heterocycles. The van der Waals surface area contributed by atoms with Crippen molar-refractivity contribution in [2.75, 3.05) is 62.7 Å². The van der Waals surface area contributed by atoms with Crippen LogP contribution in [-0.2, 0) is 17.8 Å². The van der Waals surface area contributed by atoms with Gasteiger partial charge in [0.2, 0.25) is 12.5 Å². The third-order valence-electron chi connectivity index (χ3n) is 9.83. The summed E-state index contributed by atoms with van der Waals surface area (Å²) in [6.07, 6.45) is 3.99. The van der Waals surface area contributed by atoms with Crippen molar-refractivity contribution < 1.29 is 22.7 Å². The van der Waals surface area contributed by atoms with E-state index in [-0.39, 0.29) is 57.1 Å². The average Bonchev–Trinajstić information content (AvgIpc) is 3.05. The molecule has 0 radical (unpaired) electrons. The van der Waals surface area contributed by atoms with Crippen LogP contribution in [0.4, 0.5) is 24.7 Å². The van der Waals surface area contributed by atoms with E-state index in [0.717, 1.165) is 27.7 Å². The first-order chi connectivity index (χ1) is 23.0. The Morgan fingerprint density at radius 1 is 1.23 bits per heavy atom. The molecule has 14 heteroatoms. The summed E-state index contributed by atoms with van der Waals surface area (Å²) in [6.45, 7) is 15.3. The number of hydrogen-bond acceptors (Lipinski definition) is 8. The van der Waals surface area contributed by atoms with Crippen LogP contribution in [0.5, 0.6) is 6.01 Å². The summed E-state index contributed by atoms with van der Waals surface area (Å²) >= 11 is 6.65. The molecular weight excluding hydrogens is 645 g/mol. The number of pyridine rings is 1. The number of piperazine rings is 1. The Morgan fingerprint density at radius 2 is 2.02 bits per heavy atom. The number of amides is 1. The second kappa shape index (κ2) is 13.8. The number of carbonyl (C=O) groups excluding carboxylic acids is 1. The first kappa shape index (κ1) is 33.7. The minimum Gasteiger partial charge on any atom is -0.462 e. The van der Waals surface area contributed by atoms with E-state index in [1.807, 2.05) is 42.0 Å². The monoisotopic (exact) mass is 682 g/mol. The van der Waals surface area contributed by atoms with E-state index in [2.05, 4.69) is 21.3 Å². The van der Waals surface area contributed by atoms with Crippen molar-refractivity contribution in [1.82, 2.24) is 24.8 Å². The SMILES string of the molecule is [C-]#[N+]C[C@H]1CN(c2nc(OCCN(C)[C@@H](C)C3CC(F)(F)C3)nc3c2CCN(c2cncc4cccc(Cl)c24)C3)CCN1C(=O)C(=C)F. The van der Waals surface area contributed by atoms with Gasteiger partial charge in [-0.25, -0.2) is 19.7 Å². The molecule has 1 aliphatic carbocycles. The van der Waals surface area contributed by atoms with Crippen molar-refractivity contribution in [3.63, 3.8) is 0 Å². The lowest BCUT2D eigenvalue weighted by Crippen LogP contribution is -2.57. The standard InChI is InChI=1S/C34H38ClF3N8O2/c1-21(36)32(47)46-11-10-45(19-25(46)17-39-3)31-26-8-9-44(29-18-40-16-23-6-5-7-27(35)30(23)29)20-28(26)41-33(42-31)48-13-12-43(4)22(2)24-14-34(37,38)15-24/h5-7,16,18,22,24-25H,1,8-15,17,19-20H2,2,4H3/t22-,25-/m0/s1. The fourth-order valence-electron chi connectivity index (χ4n) is 6.96. The van der Waals surface area contributed by atoms with E-state index in [0.29, 0.717) is 43.4 Å². The van der Waals surface area contributed by atoms with Gasteiger partial charge in [-0.05, 0) is 32.4 Å². The quantitative estimate of drug-likeness (QED) is 0.208. The van der Waals surface area contributed by atoms with Crippen molar-refractivity contribution in [2.45, 2.75) is 50.7 Å². The highest BCUT2D eigenvalue weighted by atomic mass is 35.5. The number of nitrogens with zero attached hydrogens (tertiary/aromatic N) is 8. The fraction of sp³-hybridized carbons (Fsp3) is 0.500. The molecule has 3 aromatic rings. The molecule has 3 aliphatic rings. The van der Waals surface area contributed by atoms with Crippen molar-refractivity contribution in [3.05, 3.63) is 70.7 Å². The van der Waals surface area contributed by atoms with Crippen LogP contribution in [0, 0.1) is 12.5 Å². The number of anilines is 2. The van der Waals surface area contributed by atoms with Gasteiger partial charge in [0, 0.05) is 74.1 Å². The molecule has 0 unspecified atom stereocenters. The topological polar surface area (TPSA) is 82.3 Å². The highest BCUT2D eigenvalue weighted by molar-refractivity contribution is 6.36. The number of alkyl halides is 2. The molecule has 1 saturated carbocycles. The summed E-state index contributed by atoms with van der Waals surface area (Å²) < 4.78 is 46.9. The van der Waals surface area contributed by atoms with Gasteiger partial charge < -0.3 is 29.2 Å². The van der Waals surface area contributed by atoms with Gasteiger partial charge >= 0.3 is 6.01 Å². The lowest BCUT2D eigenvalue weighted by atomic mass is 9.76. The predicted octanol–water partition coefficient (Wildman–Crippen LogP) is 5.40. The molecule has 2 atom stereocenters. The molecule has 0 bridgehead atoms. The number of benzene rings is 1. The maximum atomic E-state index is 13.8. The summed E-state index contributed by atoms with van der Waals surface area (Å²) in [5.41, 5.74) is 2.59. The molecule has 1 aromatic carbocycles. The van der Waals surface area contributed by atoms with E-state index in [1.54, 1.807) is 12.4 Å². The van der Waals surface area contributed by atoms with E-state index >= 15 is 0 Å². The zero-order valence-corrected chi connectivity index (χ0v) is 27.8. The van der Waals surface area contributed by atoms with Gasteiger partial charge in [-0.15, -0.1) is 0 Å². The Balaban J connectivity index is 1.27. The van der Waals surface area contributed by atoms with Crippen LogP contribution >= 0.6 is 11.6 Å². The fourth-order valence-corrected chi connectivity index (χ4v) is 7.24. The van der Waals surface area contributed by atoms with Crippen LogP contribution in [0.15, 0.2) is 43.0 Å². The number of ether oxygens (including phenoxy) is 1. The third-order valence-corrected chi connectivity index (χ3v) is 10.1. The molecule has 1 amide bonds. The van der Waals surface area contributed by atoms with Crippen LogP contribution in [0.1, 0.15) is 31.0 Å². The third kappa shape index (κ3) is 6.87. The molecule has 2 fully saturated rings. The van der Waals surface area contributed by atoms with Gasteiger partial charge in [0.25, 0.3) is 5.91 Å². The van der Waals surface area contributed by atoms with Crippen molar-refractivity contribution in [2.24, 2.45) is 5.92 Å². The number of rotatable bonds is 10. The predicted molar refractivity (Wildman–Crippen MR) is 178 cm³/mol. The van der Waals surface area contributed by atoms with Crippen molar-refractivity contribution in [1.29, 1.82) is 0 Å². The molecular formula is C34H38ClF3N8O2.